The highest BCUT2D eigenvalue weighted by molar-refractivity contribution is 5.53. The van der Waals surface area contributed by atoms with Crippen molar-refractivity contribution in [3.8, 4) is 11.4 Å². The first-order valence-electron chi connectivity index (χ1n) is 4.32. The molecule has 15 heavy (non-hydrogen) atoms. The molecule has 0 aliphatic heterocycles. The first-order chi connectivity index (χ1) is 7.15. The summed E-state index contributed by atoms with van der Waals surface area (Å²) < 4.78 is 0. The van der Waals surface area contributed by atoms with Gasteiger partial charge in [0.05, 0.1) is 0 Å². The third-order valence-corrected chi connectivity index (χ3v) is 1.85. The second-order valence-corrected chi connectivity index (χ2v) is 3.05. The second kappa shape index (κ2) is 3.49. The number of hydrogen-bond donors (Lipinski definition) is 2. The van der Waals surface area contributed by atoms with E-state index in [-0.39, 0.29) is 5.95 Å². The zero-order valence-corrected chi connectivity index (χ0v) is 8.06. The number of aromatic amines is 1. The van der Waals surface area contributed by atoms with Crippen LogP contribution in [0.2, 0.25) is 0 Å². The maximum Gasteiger partial charge on any atom is 0.349 e. The van der Waals surface area contributed by atoms with E-state index >= 15 is 0 Å². The van der Waals surface area contributed by atoms with Crippen molar-refractivity contribution >= 4 is 5.95 Å². The first kappa shape index (κ1) is 9.32. The summed E-state index contributed by atoms with van der Waals surface area (Å²) in [5.74, 6) is 0.328. The second-order valence-electron chi connectivity index (χ2n) is 3.05. The number of nitrogen functional groups attached to an aromatic ring is 1. The fourth-order valence-corrected chi connectivity index (χ4v) is 1.15. The lowest BCUT2D eigenvalue weighted by atomic mass is 10.2. The van der Waals surface area contributed by atoms with E-state index in [0.717, 1.165) is 5.69 Å². The molecule has 2 aromatic rings. The number of nitrogens with one attached hydrogen (secondary N) is 1. The van der Waals surface area contributed by atoms with E-state index in [9.17, 15) is 4.79 Å². The van der Waals surface area contributed by atoms with Gasteiger partial charge in [0.15, 0.2) is 0 Å². The minimum atomic E-state index is -0.516. The Balaban J connectivity index is 2.54. The summed E-state index contributed by atoms with van der Waals surface area (Å²) in [5, 5.41) is 0. The molecule has 3 N–H and O–H groups in total. The molecule has 0 bridgehead atoms. The van der Waals surface area contributed by atoms with Gasteiger partial charge in [0.25, 0.3) is 0 Å². The van der Waals surface area contributed by atoms with Gasteiger partial charge in [-0.15, -0.1) is 0 Å². The van der Waals surface area contributed by atoms with Crippen molar-refractivity contribution in [2.75, 3.05) is 5.73 Å². The Bertz CT molecular complexity index is 531. The Kier molecular flexibility index (Phi) is 2.17. The summed E-state index contributed by atoms with van der Waals surface area (Å²) in [5.41, 5.74) is 6.44. The molecule has 2 rings (SSSR count). The summed E-state index contributed by atoms with van der Waals surface area (Å²) in [4.78, 5) is 24.9. The number of aryl methyl sites for hydroxylation is 1. The molecule has 0 unspecified atom stereocenters. The van der Waals surface area contributed by atoms with Gasteiger partial charge in [-0.3, -0.25) is 9.97 Å². The van der Waals surface area contributed by atoms with E-state index in [1.165, 1.54) is 0 Å². The van der Waals surface area contributed by atoms with Crippen molar-refractivity contribution in [3.63, 3.8) is 0 Å². The normalized spacial score (nSPS) is 10.2. The van der Waals surface area contributed by atoms with Crippen LogP contribution in [-0.4, -0.2) is 19.9 Å². The third-order valence-electron chi connectivity index (χ3n) is 1.85. The van der Waals surface area contributed by atoms with Crippen LogP contribution in [0.15, 0.2) is 23.1 Å². The number of nitrogens with zero attached hydrogens (tertiary/aromatic N) is 3. The van der Waals surface area contributed by atoms with Crippen molar-refractivity contribution < 1.29 is 0 Å². The van der Waals surface area contributed by atoms with Crippen LogP contribution < -0.4 is 11.4 Å². The van der Waals surface area contributed by atoms with Gasteiger partial charge >= 0.3 is 5.69 Å². The van der Waals surface area contributed by atoms with Crippen LogP contribution in [0.25, 0.3) is 11.4 Å². The van der Waals surface area contributed by atoms with Crippen molar-refractivity contribution in [2.24, 2.45) is 0 Å². The fraction of sp³-hybridized carbons (Fsp3) is 0.111. The van der Waals surface area contributed by atoms with Crippen LogP contribution in [0.1, 0.15) is 5.69 Å². The van der Waals surface area contributed by atoms with Crippen molar-refractivity contribution in [3.05, 3.63) is 34.5 Å². The van der Waals surface area contributed by atoms with Crippen LogP contribution in [0, 0.1) is 6.92 Å². The molecule has 0 radical (unpaired) electrons. The number of anilines is 1. The van der Waals surface area contributed by atoms with Crippen LogP contribution in [-0.2, 0) is 0 Å². The molecule has 6 heteroatoms. The molecular weight excluding hydrogens is 194 g/mol. The summed E-state index contributed by atoms with van der Waals surface area (Å²) in [6, 6.07) is 3.63. The van der Waals surface area contributed by atoms with Gasteiger partial charge in [0.1, 0.15) is 5.82 Å². The molecule has 0 aliphatic carbocycles. The van der Waals surface area contributed by atoms with E-state index < -0.39 is 5.69 Å². The molecule has 0 aliphatic rings. The molecule has 0 saturated heterocycles. The van der Waals surface area contributed by atoms with Gasteiger partial charge in [-0.05, 0) is 19.1 Å². The van der Waals surface area contributed by atoms with E-state index in [1.807, 2.05) is 13.0 Å². The average Bonchev–Trinajstić information content (AvgIpc) is 2.17. The number of hydrogen-bond acceptors (Lipinski definition) is 5. The Morgan fingerprint density at radius 3 is 2.73 bits per heavy atom. The zero-order valence-electron chi connectivity index (χ0n) is 8.06. The lowest BCUT2D eigenvalue weighted by Gasteiger charge is -2.00. The molecular formula is C9H9N5O. The van der Waals surface area contributed by atoms with Crippen molar-refractivity contribution in [2.45, 2.75) is 6.92 Å². The number of nitrogens with two attached hydrogens (primary N) is 1. The molecule has 0 aromatic carbocycles. The van der Waals surface area contributed by atoms with E-state index in [2.05, 4.69) is 19.9 Å². The highest BCUT2D eigenvalue weighted by Crippen LogP contribution is 2.11. The lowest BCUT2D eigenvalue weighted by molar-refractivity contribution is 1.01. The zero-order chi connectivity index (χ0) is 10.8. The number of aromatic nitrogens is 4. The molecule has 0 spiro atoms. The van der Waals surface area contributed by atoms with Gasteiger partial charge in [0, 0.05) is 17.5 Å². The monoisotopic (exact) mass is 203 g/mol. The Hall–Kier alpha value is -2.24. The number of H-pyrrole nitrogens is 1. The Morgan fingerprint density at radius 1 is 1.33 bits per heavy atom. The molecule has 2 heterocycles. The minimum absolute atomic E-state index is 0.0469. The molecule has 0 saturated carbocycles. The summed E-state index contributed by atoms with van der Waals surface area (Å²) in [7, 11) is 0. The molecule has 0 atom stereocenters. The number of pyridine rings is 1. The predicted molar refractivity (Wildman–Crippen MR) is 55.0 cm³/mol. The van der Waals surface area contributed by atoms with E-state index in [1.54, 1.807) is 12.3 Å². The molecule has 6 nitrogen and oxygen atoms in total. The van der Waals surface area contributed by atoms with E-state index in [4.69, 9.17) is 5.73 Å². The van der Waals surface area contributed by atoms with Crippen LogP contribution in [0.4, 0.5) is 5.95 Å². The van der Waals surface area contributed by atoms with Crippen molar-refractivity contribution in [1.29, 1.82) is 0 Å². The molecule has 76 valence electrons. The highest BCUT2D eigenvalue weighted by atomic mass is 16.1. The molecule has 0 fully saturated rings. The highest BCUT2D eigenvalue weighted by Gasteiger charge is 2.02. The maximum atomic E-state index is 11.0. The molecule has 0 amide bonds. The standard InChI is InChI=1S/C9H9N5O/c1-5-2-3-6(4-11-5)7-12-8(10)14-9(15)13-7/h2-4H,1H3,(H3,10,12,13,14,15). The topological polar surface area (TPSA) is 97.5 Å². The van der Waals surface area contributed by atoms with Gasteiger partial charge in [-0.2, -0.15) is 9.97 Å². The van der Waals surface area contributed by atoms with Crippen LogP contribution >= 0.6 is 0 Å². The quantitative estimate of drug-likeness (QED) is 0.685. The largest absolute Gasteiger partial charge is 0.368 e. The smallest absolute Gasteiger partial charge is 0.349 e. The Morgan fingerprint density at radius 2 is 2.13 bits per heavy atom. The first-order valence-corrected chi connectivity index (χ1v) is 4.32. The average molecular weight is 203 g/mol. The van der Waals surface area contributed by atoms with Gasteiger partial charge in [-0.25, -0.2) is 4.79 Å². The van der Waals surface area contributed by atoms with Crippen molar-refractivity contribution in [1.82, 2.24) is 19.9 Å². The minimum Gasteiger partial charge on any atom is -0.368 e. The summed E-state index contributed by atoms with van der Waals surface area (Å²) in [6.45, 7) is 1.88. The maximum absolute atomic E-state index is 11.0. The third kappa shape index (κ3) is 1.98. The van der Waals surface area contributed by atoms with Crippen LogP contribution in [0.3, 0.4) is 0 Å². The van der Waals surface area contributed by atoms with Gasteiger partial charge in [-0.1, -0.05) is 0 Å². The Labute approximate surface area is 85.2 Å². The predicted octanol–water partition coefficient (Wildman–Crippen LogP) is 0.118. The van der Waals surface area contributed by atoms with Crippen LogP contribution in [0.5, 0.6) is 0 Å². The lowest BCUT2D eigenvalue weighted by Crippen LogP contribution is -2.15. The SMILES string of the molecule is Cc1ccc(-c2nc(N)nc(=O)[nH]2)cn1. The van der Waals surface area contributed by atoms with Gasteiger partial charge in [0.2, 0.25) is 5.95 Å². The summed E-state index contributed by atoms with van der Waals surface area (Å²) >= 11 is 0. The number of rotatable bonds is 1. The van der Waals surface area contributed by atoms with E-state index in [0.29, 0.717) is 11.4 Å². The molecule has 2 aromatic heterocycles. The van der Waals surface area contributed by atoms with Gasteiger partial charge < -0.3 is 5.73 Å². The fourth-order valence-electron chi connectivity index (χ4n) is 1.15. The summed E-state index contributed by atoms with van der Waals surface area (Å²) in [6.07, 6.45) is 1.62.